The Morgan fingerprint density at radius 3 is 2.14 bits per heavy atom. The van der Waals surface area contributed by atoms with E-state index in [0.29, 0.717) is 49.4 Å². The molecule has 0 aromatic heterocycles. The molecule has 218 valence electrons. The SMILES string of the molecule is O=C1/C(=C/c2ccccc2Cl)CN(C(=O)[C@H]2C[C@H]3CCCN3[C@]23C(=O)Nc2cc(Cl)ccc23)C/C1=C\c1ccccc1Cl. The van der Waals surface area contributed by atoms with E-state index in [1.165, 1.54) is 0 Å². The quantitative estimate of drug-likeness (QED) is 0.321. The summed E-state index contributed by atoms with van der Waals surface area (Å²) < 4.78 is 0. The fraction of sp³-hybridized carbons (Fsp3) is 0.265. The van der Waals surface area contributed by atoms with E-state index in [4.69, 9.17) is 34.8 Å². The Morgan fingerprint density at radius 1 is 0.884 bits per heavy atom. The molecular weight excluding hydrogens is 605 g/mol. The first-order valence-corrected chi connectivity index (χ1v) is 15.5. The summed E-state index contributed by atoms with van der Waals surface area (Å²) in [6, 6.07) is 20.1. The summed E-state index contributed by atoms with van der Waals surface area (Å²) in [4.78, 5) is 46.5. The second-order valence-electron chi connectivity index (χ2n) is 11.6. The lowest BCUT2D eigenvalue weighted by Crippen LogP contribution is -2.56. The van der Waals surface area contributed by atoms with Crippen LogP contribution in [-0.4, -0.2) is 53.1 Å². The van der Waals surface area contributed by atoms with Crippen LogP contribution in [0.5, 0.6) is 0 Å². The Kier molecular flexibility index (Phi) is 7.21. The molecule has 6 nitrogen and oxygen atoms in total. The molecule has 4 heterocycles. The van der Waals surface area contributed by atoms with E-state index in [-0.39, 0.29) is 36.7 Å². The number of rotatable bonds is 3. The van der Waals surface area contributed by atoms with Gasteiger partial charge in [0.05, 0.1) is 5.92 Å². The minimum Gasteiger partial charge on any atom is -0.333 e. The first-order valence-electron chi connectivity index (χ1n) is 14.4. The molecule has 3 fully saturated rings. The second kappa shape index (κ2) is 10.9. The standard InChI is InChI=1S/C34H28Cl3N3O3/c35-24-11-12-26-30(16-24)38-33(43)34(26)27(17-25-8-5-13-40(25)34)32(42)39-18-22(14-20-6-1-3-9-28(20)36)31(41)23(19-39)15-21-7-2-4-10-29(21)37/h1-4,6-7,9-12,14-16,25,27H,5,8,13,17-19H2,(H,38,43)/b22-14+,23-15+/t25-,27-,34+/m1/s1. The lowest BCUT2D eigenvalue weighted by atomic mass is 9.77. The monoisotopic (exact) mass is 631 g/mol. The number of hydrogen-bond donors (Lipinski definition) is 1. The van der Waals surface area contributed by atoms with E-state index < -0.39 is 11.5 Å². The Labute approximate surface area is 264 Å². The van der Waals surface area contributed by atoms with Crippen molar-refractivity contribution in [1.82, 2.24) is 9.80 Å². The number of likely N-dealkylation sites (tertiary alicyclic amines) is 1. The maximum atomic E-state index is 14.7. The van der Waals surface area contributed by atoms with Crippen molar-refractivity contribution in [3.05, 3.63) is 110 Å². The van der Waals surface area contributed by atoms with Crippen LogP contribution in [0.3, 0.4) is 0 Å². The van der Waals surface area contributed by atoms with Gasteiger partial charge >= 0.3 is 0 Å². The van der Waals surface area contributed by atoms with Crippen LogP contribution in [-0.2, 0) is 19.9 Å². The summed E-state index contributed by atoms with van der Waals surface area (Å²) >= 11 is 19.2. The van der Waals surface area contributed by atoms with Crippen LogP contribution >= 0.6 is 34.8 Å². The summed E-state index contributed by atoms with van der Waals surface area (Å²) in [6.45, 7) is 0.946. The molecule has 3 aromatic rings. The normalized spacial score (nSPS) is 26.8. The number of carbonyl (C=O) groups excluding carboxylic acids is 3. The Bertz CT molecular complexity index is 1680. The largest absolute Gasteiger partial charge is 0.333 e. The van der Waals surface area contributed by atoms with Crippen molar-refractivity contribution in [3.63, 3.8) is 0 Å². The van der Waals surface area contributed by atoms with Crippen LogP contribution in [0.4, 0.5) is 5.69 Å². The van der Waals surface area contributed by atoms with Gasteiger partial charge in [-0.1, -0.05) is 77.3 Å². The van der Waals surface area contributed by atoms with Crippen molar-refractivity contribution in [3.8, 4) is 0 Å². The molecule has 2 amide bonds. The van der Waals surface area contributed by atoms with E-state index in [0.717, 1.165) is 24.9 Å². The van der Waals surface area contributed by atoms with Gasteiger partial charge in [-0.2, -0.15) is 0 Å². The molecule has 1 spiro atoms. The van der Waals surface area contributed by atoms with E-state index in [2.05, 4.69) is 10.2 Å². The van der Waals surface area contributed by atoms with Gasteiger partial charge in [0, 0.05) is 56.6 Å². The fourth-order valence-corrected chi connectivity index (χ4v) is 7.92. The number of nitrogens with one attached hydrogen (secondary N) is 1. The first-order chi connectivity index (χ1) is 20.8. The number of piperidine rings is 1. The Hall–Kier alpha value is -3.42. The van der Waals surface area contributed by atoms with Crippen LogP contribution < -0.4 is 5.32 Å². The minimum atomic E-state index is -1.13. The van der Waals surface area contributed by atoms with E-state index in [1.54, 1.807) is 41.3 Å². The van der Waals surface area contributed by atoms with Gasteiger partial charge in [0.1, 0.15) is 5.54 Å². The zero-order valence-electron chi connectivity index (χ0n) is 23.2. The molecule has 0 unspecified atom stereocenters. The molecule has 4 aliphatic heterocycles. The Balaban J connectivity index is 1.32. The number of Topliss-reactive ketones (excluding diaryl/α,β-unsaturated/α-hetero) is 1. The molecule has 0 bridgehead atoms. The van der Waals surface area contributed by atoms with Crippen LogP contribution in [0.1, 0.15) is 36.0 Å². The number of benzene rings is 3. The van der Waals surface area contributed by atoms with Crippen molar-refractivity contribution < 1.29 is 14.4 Å². The molecule has 3 aromatic carbocycles. The topological polar surface area (TPSA) is 69.7 Å². The molecule has 3 saturated heterocycles. The van der Waals surface area contributed by atoms with Crippen molar-refractivity contribution in [2.24, 2.45) is 5.92 Å². The van der Waals surface area contributed by atoms with Gasteiger partial charge in [0.2, 0.25) is 11.8 Å². The molecule has 4 aliphatic rings. The van der Waals surface area contributed by atoms with Crippen LogP contribution in [0.2, 0.25) is 15.1 Å². The van der Waals surface area contributed by atoms with Crippen molar-refractivity contribution >= 4 is 70.2 Å². The van der Waals surface area contributed by atoms with E-state index in [9.17, 15) is 14.4 Å². The predicted molar refractivity (Wildman–Crippen MR) is 170 cm³/mol. The van der Waals surface area contributed by atoms with Gasteiger partial charge < -0.3 is 10.2 Å². The van der Waals surface area contributed by atoms with Crippen LogP contribution in [0, 0.1) is 5.92 Å². The highest BCUT2D eigenvalue weighted by atomic mass is 35.5. The first kappa shape index (κ1) is 28.4. The summed E-state index contributed by atoms with van der Waals surface area (Å²) in [5.41, 5.74) is 2.59. The highest BCUT2D eigenvalue weighted by Gasteiger charge is 2.66. The zero-order valence-corrected chi connectivity index (χ0v) is 25.4. The van der Waals surface area contributed by atoms with Gasteiger partial charge in [-0.05, 0) is 73.4 Å². The number of fused-ring (bicyclic) bond motifs is 4. The van der Waals surface area contributed by atoms with Crippen molar-refractivity contribution in [1.29, 1.82) is 0 Å². The maximum Gasteiger partial charge on any atom is 0.250 e. The molecule has 1 N–H and O–H groups in total. The third-order valence-electron chi connectivity index (χ3n) is 9.21. The van der Waals surface area contributed by atoms with Gasteiger partial charge in [-0.3, -0.25) is 19.3 Å². The third kappa shape index (κ3) is 4.63. The average molecular weight is 633 g/mol. The smallest absolute Gasteiger partial charge is 0.250 e. The molecule has 0 aliphatic carbocycles. The molecule has 0 saturated carbocycles. The van der Waals surface area contributed by atoms with Crippen LogP contribution in [0.15, 0.2) is 77.9 Å². The van der Waals surface area contributed by atoms with Gasteiger partial charge in [0.15, 0.2) is 5.78 Å². The number of nitrogens with zero attached hydrogens (tertiary/aromatic N) is 2. The summed E-state index contributed by atoms with van der Waals surface area (Å²) in [5, 5.41) is 4.57. The van der Waals surface area contributed by atoms with E-state index in [1.807, 2.05) is 42.5 Å². The summed E-state index contributed by atoms with van der Waals surface area (Å²) in [7, 11) is 0. The zero-order chi connectivity index (χ0) is 29.9. The highest BCUT2D eigenvalue weighted by Crippen LogP contribution is 2.56. The van der Waals surface area contributed by atoms with Crippen LogP contribution in [0.25, 0.3) is 12.2 Å². The third-order valence-corrected chi connectivity index (χ3v) is 10.1. The second-order valence-corrected chi connectivity index (χ2v) is 12.8. The minimum absolute atomic E-state index is 0.106. The van der Waals surface area contributed by atoms with Crippen molar-refractivity contribution in [2.45, 2.75) is 30.8 Å². The molecular formula is C34H28Cl3N3O3. The number of halogens is 3. The number of carbonyl (C=O) groups is 3. The van der Waals surface area contributed by atoms with Gasteiger partial charge in [0.25, 0.3) is 0 Å². The van der Waals surface area contributed by atoms with Gasteiger partial charge in [-0.25, -0.2) is 0 Å². The number of hydrogen-bond acceptors (Lipinski definition) is 4. The lowest BCUT2D eigenvalue weighted by molar-refractivity contribution is -0.144. The summed E-state index contributed by atoms with van der Waals surface area (Å²) in [5.74, 6) is -1.14. The predicted octanol–water partition coefficient (Wildman–Crippen LogP) is 6.86. The summed E-state index contributed by atoms with van der Waals surface area (Å²) in [6.07, 6.45) is 5.97. The molecule has 0 radical (unpaired) electrons. The number of anilines is 1. The fourth-order valence-electron chi connectivity index (χ4n) is 7.37. The highest BCUT2D eigenvalue weighted by molar-refractivity contribution is 6.33. The Morgan fingerprint density at radius 2 is 1.51 bits per heavy atom. The lowest BCUT2D eigenvalue weighted by Gasteiger charge is -2.39. The molecule has 7 rings (SSSR count). The molecule has 43 heavy (non-hydrogen) atoms. The van der Waals surface area contributed by atoms with Crippen molar-refractivity contribution in [2.75, 3.05) is 25.0 Å². The maximum absolute atomic E-state index is 14.7. The average Bonchev–Trinajstić information content (AvgIpc) is 3.66. The van der Waals surface area contributed by atoms with E-state index >= 15 is 0 Å². The molecule has 3 atom stereocenters. The number of amides is 2. The van der Waals surface area contributed by atoms with Gasteiger partial charge in [-0.15, -0.1) is 0 Å². The molecule has 9 heteroatoms. The number of ketones is 1.